The van der Waals surface area contributed by atoms with Gasteiger partial charge in [-0.2, -0.15) is 0 Å². The number of para-hydroxylation sites is 1. The molecule has 1 aromatic heterocycles. The number of benzene rings is 2. The molecule has 3 aromatic rings. The first-order valence-corrected chi connectivity index (χ1v) is 8.21. The maximum absolute atomic E-state index is 10.7. The highest BCUT2D eigenvalue weighted by Gasteiger charge is 2.15. The lowest BCUT2D eigenvalue weighted by atomic mass is 10.1. The molecule has 4 heteroatoms. The Kier molecular flexibility index (Phi) is 4.80. The molecule has 3 rings (SSSR count). The summed E-state index contributed by atoms with van der Waals surface area (Å²) in [4.78, 5) is 17.7. The first-order valence-electron chi connectivity index (χ1n) is 8.21. The van der Waals surface area contributed by atoms with E-state index in [0.29, 0.717) is 0 Å². The number of carbonyl (C=O) groups is 1. The van der Waals surface area contributed by atoms with Crippen molar-refractivity contribution in [1.82, 2.24) is 4.98 Å². The van der Waals surface area contributed by atoms with E-state index in [-0.39, 0.29) is 6.04 Å². The van der Waals surface area contributed by atoms with E-state index in [1.54, 1.807) is 6.08 Å². The van der Waals surface area contributed by atoms with Gasteiger partial charge < -0.3 is 10.0 Å². The fourth-order valence-corrected chi connectivity index (χ4v) is 2.83. The van der Waals surface area contributed by atoms with E-state index in [2.05, 4.69) is 24.8 Å². The molecule has 0 saturated carbocycles. The molecule has 0 aliphatic heterocycles. The molecular weight excluding hydrogens is 312 g/mol. The maximum atomic E-state index is 10.7. The van der Waals surface area contributed by atoms with Crippen molar-refractivity contribution in [3.8, 4) is 0 Å². The van der Waals surface area contributed by atoms with Crippen molar-refractivity contribution in [2.45, 2.75) is 19.9 Å². The van der Waals surface area contributed by atoms with Crippen LogP contribution < -0.4 is 4.90 Å². The summed E-state index contributed by atoms with van der Waals surface area (Å²) in [5.41, 5.74) is 2.77. The second-order valence-electron chi connectivity index (χ2n) is 6.09. The first-order chi connectivity index (χ1) is 12.0. The highest BCUT2D eigenvalue weighted by atomic mass is 16.4. The van der Waals surface area contributed by atoms with Gasteiger partial charge in [0.25, 0.3) is 0 Å². The lowest BCUT2D eigenvalue weighted by Gasteiger charge is -2.28. The minimum absolute atomic E-state index is 0.201. The summed E-state index contributed by atoms with van der Waals surface area (Å²) in [6.07, 6.45) is 2.74. The number of rotatable bonds is 5. The molecule has 0 radical (unpaired) electrons. The van der Waals surface area contributed by atoms with Gasteiger partial charge >= 0.3 is 5.97 Å². The molecule has 0 aliphatic rings. The van der Waals surface area contributed by atoms with Gasteiger partial charge in [-0.1, -0.05) is 30.3 Å². The molecule has 0 aliphatic carbocycles. The van der Waals surface area contributed by atoms with Crippen LogP contribution >= 0.6 is 0 Å². The van der Waals surface area contributed by atoms with E-state index in [1.807, 2.05) is 54.6 Å². The van der Waals surface area contributed by atoms with Crippen LogP contribution in [-0.4, -0.2) is 22.1 Å². The molecular formula is C21H20N2O2. The fourth-order valence-electron chi connectivity index (χ4n) is 2.83. The van der Waals surface area contributed by atoms with Gasteiger partial charge in [-0.05, 0) is 55.8 Å². The number of aromatic nitrogens is 1. The summed E-state index contributed by atoms with van der Waals surface area (Å²) >= 11 is 0. The van der Waals surface area contributed by atoms with Crippen molar-refractivity contribution in [2.24, 2.45) is 0 Å². The third-order valence-corrected chi connectivity index (χ3v) is 3.91. The molecule has 4 nitrogen and oxygen atoms in total. The predicted octanol–water partition coefficient (Wildman–Crippen LogP) is 4.88. The van der Waals surface area contributed by atoms with Gasteiger partial charge in [-0.25, -0.2) is 9.78 Å². The Balaban J connectivity index is 2.03. The van der Waals surface area contributed by atoms with Gasteiger partial charge in [0.1, 0.15) is 5.82 Å². The Morgan fingerprint density at radius 3 is 2.64 bits per heavy atom. The van der Waals surface area contributed by atoms with Crippen LogP contribution in [0.1, 0.15) is 19.4 Å². The van der Waals surface area contributed by atoms with Crippen molar-refractivity contribution in [3.05, 3.63) is 72.3 Å². The quantitative estimate of drug-likeness (QED) is 0.677. The maximum Gasteiger partial charge on any atom is 0.328 e. The fraction of sp³-hybridized carbons (Fsp3) is 0.143. The molecule has 126 valence electrons. The largest absolute Gasteiger partial charge is 0.478 e. The zero-order valence-electron chi connectivity index (χ0n) is 14.3. The zero-order valence-corrected chi connectivity index (χ0v) is 14.3. The van der Waals surface area contributed by atoms with Crippen LogP contribution in [0.25, 0.3) is 17.0 Å². The van der Waals surface area contributed by atoms with Gasteiger partial charge in [0.2, 0.25) is 0 Å². The second-order valence-corrected chi connectivity index (χ2v) is 6.09. The number of hydrogen-bond donors (Lipinski definition) is 1. The molecule has 2 aromatic carbocycles. The Bertz CT molecular complexity index is 932. The lowest BCUT2D eigenvalue weighted by Crippen LogP contribution is -2.26. The van der Waals surface area contributed by atoms with E-state index >= 15 is 0 Å². The van der Waals surface area contributed by atoms with Crippen molar-refractivity contribution < 1.29 is 9.90 Å². The van der Waals surface area contributed by atoms with E-state index in [0.717, 1.165) is 34.0 Å². The third kappa shape index (κ3) is 3.86. The standard InChI is InChI=1S/C21H20N2O2/c1-15(2)23(18-8-5-6-16(14-18)10-13-21(24)25)20-12-11-17-7-3-4-9-19(17)22-20/h3-15H,1-2H3,(H,24,25)/b13-10+. The van der Waals surface area contributed by atoms with Gasteiger partial charge in [0.15, 0.2) is 0 Å². The SMILES string of the molecule is CC(C)N(c1cccc(/C=C/C(=O)O)c1)c1ccc2ccccc2n1. The van der Waals surface area contributed by atoms with Crippen LogP contribution in [0.3, 0.4) is 0 Å². The number of aliphatic carboxylic acids is 1. The highest BCUT2D eigenvalue weighted by Crippen LogP contribution is 2.29. The van der Waals surface area contributed by atoms with Gasteiger partial charge in [0.05, 0.1) is 5.52 Å². The van der Waals surface area contributed by atoms with Crippen LogP contribution in [0.5, 0.6) is 0 Å². The van der Waals surface area contributed by atoms with E-state index in [4.69, 9.17) is 10.1 Å². The molecule has 1 N–H and O–H groups in total. The van der Waals surface area contributed by atoms with Crippen molar-refractivity contribution in [3.63, 3.8) is 0 Å². The lowest BCUT2D eigenvalue weighted by molar-refractivity contribution is -0.131. The molecule has 0 amide bonds. The number of fused-ring (bicyclic) bond motifs is 1. The Labute approximate surface area is 147 Å². The molecule has 0 unspecified atom stereocenters. The molecule has 0 fully saturated rings. The first kappa shape index (κ1) is 16.7. The molecule has 0 spiro atoms. The molecule has 1 heterocycles. The number of carboxylic acids is 1. The summed E-state index contributed by atoms with van der Waals surface area (Å²) < 4.78 is 0. The van der Waals surface area contributed by atoms with Crippen molar-refractivity contribution in [1.29, 1.82) is 0 Å². The minimum Gasteiger partial charge on any atom is -0.478 e. The normalized spacial score (nSPS) is 11.3. The van der Waals surface area contributed by atoms with Crippen molar-refractivity contribution in [2.75, 3.05) is 4.90 Å². The predicted molar refractivity (Wildman–Crippen MR) is 102 cm³/mol. The van der Waals surface area contributed by atoms with Crippen LogP contribution in [0.4, 0.5) is 11.5 Å². The Morgan fingerprint density at radius 2 is 1.88 bits per heavy atom. The number of pyridine rings is 1. The summed E-state index contributed by atoms with van der Waals surface area (Å²) in [5.74, 6) is -0.0876. The smallest absolute Gasteiger partial charge is 0.328 e. The number of nitrogens with zero attached hydrogens (tertiary/aromatic N) is 2. The topological polar surface area (TPSA) is 53.4 Å². The van der Waals surface area contributed by atoms with Crippen LogP contribution in [0.15, 0.2) is 66.7 Å². The van der Waals surface area contributed by atoms with Gasteiger partial charge in [0, 0.05) is 23.2 Å². The average Bonchev–Trinajstić information content (AvgIpc) is 2.60. The Morgan fingerprint density at radius 1 is 1.08 bits per heavy atom. The van der Waals surface area contributed by atoms with Crippen molar-refractivity contribution >= 4 is 34.5 Å². The highest BCUT2D eigenvalue weighted by molar-refractivity contribution is 5.86. The van der Waals surface area contributed by atoms with Crippen LogP contribution in [0.2, 0.25) is 0 Å². The second kappa shape index (κ2) is 7.18. The van der Waals surface area contributed by atoms with E-state index in [9.17, 15) is 4.79 Å². The summed E-state index contributed by atoms with van der Waals surface area (Å²) in [7, 11) is 0. The number of anilines is 2. The van der Waals surface area contributed by atoms with Gasteiger partial charge in [-0.15, -0.1) is 0 Å². The zero-order chi connectivity index (χ0) is 17.8. The number of hydrogen-bond acceptors (Lipinski definition) is 3. The summed E-state index contributed by atoms with van der Waals surface area (Å²) in [6, 6.07) is 20.1. The molecule has 25 heavy (non-hydrogen) atoms. The monoisotopic (exact) mass is 332 g/mol. The van der Waals surface area contributed by atoms with Crippen LogP contribution in [0, 0.1) is 0 Å². The summed E-state index contributed by atoms with van der Waals surface area (Å²) in [6.45, 7) is 4.22. The van der Waals surface area contributed by atoms with E-state index < -0.39 is 5.97 Å². The third-order valence-electron chi connectivity index (χ3n) is 3.91. The Hall–Kier alpha value is -3.14. The summed E-state index contributed by atoms with van der Waals surface area (Å²) in [5, 5.41) is 9.92. The van der Waals surface area contributed by atoms with E-state index in [1.165, 1.54) is 0 Å². The number of carboxylic acid groups (broad SMARTS) is 1. The minimum atomic E-state index is -0.956. The molecule has 0 saturated heterocycles. The molecule has 0 bridgehead atoms. The van der Waals surface area contributed by atoms with Crippen LogP contribution in [-0.2, 0) is 4.79 Å². The average molecular weight is 332 g/mol. The van der Waals surface area contributed by atoms with Gasteiger partial charge in [-0.3, -0.25) is 0 Å². The molecule has 0 atom stereocenters.